The molecule has 21 heavy (non-hydrogen) atoms. The fourth-order valence-electron chi connectivity index (χ4n) is 2.78. The van der Waals surface area contributed by atoms with Gasteiger partial charge in [0.2, 0.25) is 0 Å². The van der Waals surface area contributed by atoms with Crippen molar-refractivity contribution < 1.29 is 4.74 Å². The minimum atomic E-state index is 0.846. The summed E-state index contributed by atoms with van der Waals surface area (Å²) in [4.78, 5) is 3.23. The molecule has 0 aliphatic heterocycles. The highest BCUT2D eigenvalue weighted by Gasteiger charge is 2.10. The number of hydrogen-bond donors (Lipinski definition) is 2. The first-order valence-electron chi connectivity index (χ1n) is 7.17. The highest BCUT2D eigenvalue weighted by Crippen LogP contribution is 2.26. The van der Waals surface area contributed by atoms with Crippen LogP contribution in [-0.4, -0.2) is 19.1 Å². The van der Waals surface area contributed by atoms with E-state index in [1.165, 1.54) is 27.6 Å². The zero-order valence-corrected chi connectivity index (χ0v) is 12.4. The second-order valence-electron chi connectivity index (χ2n) is 5.20. The van der Waals surface area contributed by atoms with E-state index in [9.17, 15) is 0 Å². The largest absolute Gasteiger partial charge is 0.496 e. The summed E-state index contributed by atoms with van der Waals surface area (Å²) >= 11 is 0. The van der Waals surface area contributed by atoms with Crippen LogP contribution in [0.4, 0.5) is 0 Å². The van der Waals surface area contributed by atoms with E-state index in [1.807, 2.05) is 25.4 Å². The van der Waals surface area contributed by atoms with Gasteiger partial charge < -0.3 is 15.0 Å². The van der Waals surface area contributed by atoms with Crippen LogP contribution in [0.2, 0.25) is 0 Å². The maximum Gasteiger partial charge on any atom is 0.122 e. The molecule has 0 aliphatic carbocycles. The third-order valence-electron chi connectivity index (χ3n) is 3.82. The summed E-state index contributed by atoms with van der Waals surface area (Å²) in [6, 6.07) is 14.9. The van der Waals surface area contributed by atoms with E-state index in [4.69, 9.17) is 4.74 Å². The Kier molecular flexibility index (Phi) is 3.93. The Hall–Kier alpha value is -2.26. The number of hydrogen-bond acceptors (Lipinski definition) is 2. The maximum atomic E-state index is 5.54. The van der Waals surface area contributed by atoms with E-state index >= 15 is 0 Å². The fourth-order valence-corrected chi connectivity index (χ4v) is 2.78. The number of ether oxygens (including phenoxy) is 1. The molecule has 0 spiro atoms. The average molecular weight is 280 g/mol. The number of aromatic nitrogens is 1. The lowest BCUT2D eigenvalue weighted by atomic mass is 9.98. The van der Waals surface area contributed by atoms with E-state index < -0.39 is 0 Å². The molecule has 3 nitrogen and oxygen atoms in total. The molecule has 0 amide bonds. The lowest BCUT2D eigenvalue weighted by Gasteiger charge is -2.14. The van der Waals surface area contributed by atoms with Crippen molar-refractivity contribution >= 4 is 10.9 Å². The van der Waals surface area contributed by atoms with Gasteiger partial charge in [-0.2, -0.15) is 0 Å². The number of nitrogens with one attached hydrogen (secondary N) is 2. The van der Waals surface area contributed by atoms with Gasteiger partial charge in [0.15, 0.2) is 0 Å². The van der Waals surface area contributed by atoms with Gasteiger partial charge >= 0.3 is 0 Å². The van der Waals surface area contributed by atoms with Crippen molar-refractivity contribution in [3.63, 3.8) is 0 Å². The van der Waals surface area contributed by atoms with Crippen LogP contribution in [0.5, 0.6) is 5.75 Å². The molecule has 3 rings (SSSR count). The molecule has 108 valence electrons. The molecule has 0 fully saturated rings. The molecular weight excluding hydrogens is 260 g/mol. The van der Waals surface area contributed by atoms with Gasteiger partial charge in [-0.15, -0.1) is 0 Å². The van der Waals surface area contributed by atoms with Crippen LogP contribution in [0.15, 0.2) is 48.7 Å². The summed E-state index contributed by atoms with van der Waals surface area (Å²) in [7, 11) is 3.70. The zero-order valence-electron chi connectivity index (χ0n) is 12.4. The minimum Gasteiger partial charge on any atom is -0.496 e. The third-order valence-corrected chi connectivity index (χ3v) is 3.82. The van der Waals surface area contributed by atoms with Crippen LogP contribution >= 0.6 is 0 Å². The molecule has 0 radical (unpaired) electrons. The Bertz CT molecular complexity index is 746. The normalized spacial score (nSPS) is 11.0. The van der Waals surface area contributed by atoms with Crippen LogP contribution in [0, 0.1) is 0 Å². The average Bonchev–Trinajstić information content (AvgIpc) is 2.97. The monoisotopic (exact) mass is 280 g/mol. The van der Waals surface area contributed by atoms with Gasteiger partial charge in [0, 0.05) is 30.2 Å². The SMILES string of the molecule is CNCc1cccc(OC)c1Cc1ccc2[nH]ccc2c1. The Labute approximate surface area is 125 Å². The number of aromatic amines is 1. The summed E-state index contributed by atoms with van der Waals surface area (Å²) in [5.41, 5.74) is 5.01. The first-order valence-corrected chi connectivity index (χ1v) is 7.17. The predicted molar refractivity (Wildman–Crippen MR) is 86.9 cm³/mol. The van der Waals surface area contributed by atoms with E-state index in [0.717, 1.165) is 18.7 Å². The molecule has 0 saturated heterocycles. The minimum absolute atomic E-state index is 0.846. The lowest BCUT2D eigenvalue weighted by Crippen LogP contribution is -2.09. The summed E-state index contributed by atoms with van der Waals surface area (Å²) in [6.45, 7) is 0.846. The lowest BCUT2D eigenvalue weighted by molar-refractivity contribution is 0.409. The number of methoxy groups -OCH3 is 1. The van der Waals surface area contributed by atoms with Gasteiger partial charge in [-0.3, -0.25) is 0 Å². The molecular formula is C18H20N2O. The molecule has 0 saturated carbocycles. The van der Waals surface area contributed by atoms with Gasteiger partial charge in [0.25, 0.3) is 0 Å². The van der Waals surface area contributed by atoms with Gasteiger partial charge in [-0.05, 0) is 47.8 Å². The molecule has 3 aromatic rings. The molecule has 0 atom stereocenters. The molecule has 3 heteroatoms. The van der Waals surface area contributed by atoms with Crippen LogP contribution < -0.4 is 10.1 Å². The van der Waals surface area contributed by atoms with E-state index in [2.05, 4.69) is 40.6 Å². The van der Waals surface area contributed by atoms with E-state index in [-0.39, 0.29) is 0 Å². The quantitative estimate of drug-likeness (QED) is 0.750. The molecule has 2 N–H and O–H groups in total. The second-order valence-corrected chi connectivity index (χ2v) is 5.20. The number of benzene rings is 2. The van der Waals surface area contributed by atoms with Crippen molar-refractivity contribution in [3.8, 4) is 5.75 Å². The number of rotatable bonds is 5. The zero-order chi connectivity index (χ0) is 14.7. The number of H-pyrrole nitrogens is 1. The van der Waals surface area contributed by atoms with Gasteiger partial charge in [-0.25, -0.2) is 0 Å². The smallest absolute Gasteiger partial charge is 0.122 e. The van der Waals surface area contributed by atoms with Gasteiger partial charge in [-0.1, -0.05) is 18.2 Å². The Morgan fingerprint density at radius 1 is 1.14 bits per heavy atom. The number of fused-ring (bicyclic) bond motifs is 1. The molecule has 0 aliphatic rings. The molecule has 1 heterocycles. The van der Waals surface area contributed by atoms with E-state index in [1.54, 1.807) is 7.11 Å². The van der Waals surface area contributed by atoms with Crippen molar-refractivity contribution in [3.05, 3.63) is 65.4 Å². The molecule has 2 aromatic carbocycles. The fraction of sp³-hybridized carbons (Fsp3) is 0.222. The van der Waals surface area contributed by atoms with Crippen molar-refractivity contribution in [1.82, 2.24) is 10.3 Å². The van der Waals surface area contributed by atoms with Gasteiger partial charge in [0.05, 0.1) is 7.11 Å². The first kappa shape index (κ1) is 13.7. The van der Waals surface area contributed by atoms with E-state index in [0.29, 0.717) is 0 Å². The highest BCUT2D eigenvalue weighted by molar-refractivity contribution is 5.80. The molecule has 1 aromatic heterocycles. The van der Waals surface area contributed by atoms with Crippen molar-refractivity contribution in [2.75, 3.05) is 14.2 Å². The topological polar surface area (TPSA) is 37.0 Å². The standard InChI is InChI=1S/C18H20N2O/c1-19-12-15-4-3-5-18(21-2)16(15)11-13-6-7-17-14(10-13)8-9-20-17/h3-10,19-20H,11-12H2,1-2H3. The second kappa shape index (κ2) is 6.02. The Balaban J connectivity index is 1.99. The Morgan fingerprint density at radius 3 is 2.86 bits per heavy atom. The van der Waals surface area contributed by atoms with Crippen LogP contribution in [0.3, 0.4) is 0 Å². The van der Waals surface area contributed by atoms with Crippen molar-refractivity contribution in [2.24, 2.45) is 0 Å². The summed E-state index contributed by atoms with van der Waals surface area (Å²) < 4.78 is 5.54. The summed E-state index contributed by atoms with van der Waals surface area (Å²) in [6.07, 6.45) is 2.85. The highest BCUT2D eigenvalue weighted by atomic mass is 16.5. The predicted octanol–water partition coefficient (Wildman–Crippen LogP) is 3.49. The first-order chi connectivity index (χ1) is 10.3. The van der Waals surface area contributed by atoms with Crippen molar-refractivity contribution in [2.45, 2.75) is 13.0 Å². The molecule has 0 bridgehead atoms. The maximum absolute atomic E-state index is 5.54. The van der Waals surface area contributed by atoms with Gasteiger partial charge in [0.1, 0.15) is 5.75 Å². The summed E-state index contributed by atoms with van der Waals surface area (Å²) in [5.74, 6) is 0.955. The van der Waals surface area contributed by atoms with Crippen LogP contribution in [-0.2, 0) is 13.0 Å². The van der Waals surface area contributed by atoms with Crippen LogP contribution in [0.1, 0.15) is 16.7 Å². The van der Waals surface area contributed by atoms with Crippen molar-refractivity contribution in [1.29, 1.82) is 0 Å². The molecule has 0 unspecified atom stereocenters. The van der Waals surface area contributed by atoms with Crippen LogP contribution in [0.25, 0.3) is 10.9 Å². The summed E-state index contributed by atoms with van der Waals surface area (Å²) in [5, 5.41) is 4.47. The Morgan fingerprint density at radius 2 is 2.05 bits per heavy atom. The third kappa shape index (κ3) is 2.78.